The lowest BCUT2D eigenvalue weighted by Gasteiger charge is -2.19. The summed E-state index contributed by atoms with van der Waals surface area (Å²) in [6.07, 6.45) is 3.97. The monoisotopic (exact) mass is 353 g/mol. The van der Waals surface area contributed by atoms with Crippen LogP contribution in [-0.2, 0) is 6.54 Å². The van der Waals surface area contributed by atoms with Crippen molar-refractivity contribution >= 4 is 32.9 Å². The third kappa shape index (κ3) is 2.47. The first-order valence-electron chi connectivity index (χ1n) is 8.07. The lowest BCUT2D eigenvalue weighted by atomic mass is 10.2. The van der Waals surface area contributed by atoms with Crippen molar-refractivity contribution in [2.75, 3.05) is 11.9 Å². The molecule has 0 aliphatic heterocycles. The summed E-state index contributed by atoms with van der Waals surface area (Å²) >= 11 is 1.40. The van der Waals surface area contributed by atoms with E-state index in [1.54, 1.807) is 10.8 Å². The van der Waals surface area contributed by atoms with Crippen molar-refractivity contribution in [1.29, 1.82) is 0 Å². The van der Waals surface area contributed by atoms with E-state index in [9.17, 15) is 4.79 Å². The van der Waals surface area contributed by atoms with Gasteiger partial charge in [-0.1, -0.05) is 0 Å². The van der Waals surface area contributed by atoms with Crippen molar-refractivity contribution in [3.05, 3.63) is 45.7 Å². The van der Waals surface area contributed by atoms with Gasteiger partial charge in [-0.05, 0) is 30.4 Å². The van der Waals surface area contributed by atoms with Crippen LogP contribution in [0, 0.1) is 0 Å². The van der Waals surface area contributed by atoms with Crippen LogP contribution in [0.3, 0.4) is 0 Å². The number of fused-ring (bicyclic) bond motifs is 2. The van der Waals surface area contributed by atoms with E-state index in [0.29, 0.717) is 28.6 Å². The summed E-state index contributed by atoms with van der Waals surface area (Å²) in [5.41, 5.74) is 3.33. The zero-order valence-electron chi connectivity index (χ0n) is 13.5. The normalized spacial score (nSPS) is 14.4. The van der Waals surface area contributed by atoms with E-state index in [0.717, 1.165) is 16.9 Å². The second kappa shape index (κ2) is 5.35. The highest BCUT2D eigenvalue weighted by Gasteiger charge is 2.27. The van der Waals surface area contributed by atoms with Crippen LogP contribution in [0.15, 0.2) is 28.6 Å². The van der Waals surface area contributed by atoms with Gasteiger partial charge < -0.3 is 9.88 Å². The maximum Gasteiger partial charge on any atom is 0.268 e. The molecule has 0 atom stereocenters. The number of H-pyrrole nitrogens is 1. The number of anilines is 1. The van der Waals surface area contributed by atoms with Crippen molar-refractivity contribution < 1.29 is 0 Å². The molecule has 1 saturated carbocycles. The zero-order chi connectivity index (χ0) is 17.0. The van der Waals surface area contributed by atoms with Gasteiger partial charge >= 0.3 is 0 Å². The third-order valence-electron chi connectivity index (χ3n) is 4.43. The molecule has 0 spiro atoms. The molecule has 0 bridgehead atoms. The predicted molar refractivity (Wildman–Crippen MR) is 95.1 cm³/mol. The van der Waals surface area contributed by atoms with Gasteiger partial charge in [0, 0.05) is 13.0 Å². The molecule has 1 aliphatic carbocycles. The SMILES string of the molecule is CN(Cc1nc2ccsc2c(=O)[nH]1)c1cc(C2CC2)nn2cnnc12. The summed E-state index contributed by atoms with van der Waals surface area (Å²) in [6.45, 7) is 0.470. The Balaban J connectivity index is 1.54. The van der Waals surface area contributed by atoms with Crippen molar-refractivity contribution in [1.82, 2.24) is 29.8 Å². The molecule has 8 nitrogen and oxygen atoms in total. The lowest BCUT2D eigenvalue weighted by Crippen LogP contribution is -2.22. The second-order valence-corrected chi connectivity index (χ2v) is 7.25. The summed E-state index contributed by atoms with van der Waals surface area (Å²) in [4.78, 5) is 21.6. The van der Waals surface area contributed by atoms with E-state index in [1.165, 1.54) is 24.2 Å². The minimum absolute atomic E-state index is 0.0931. The van der Waals surface area contributed by atoms with Crippen LogP contribution in [0.2, 0.25) is 0 Å². The van der Waals surface area contributed by atoms with Crippen LogP contribution < -0.4 is 10.5 Å². The highest BCUT2D eigenvalue weighted by Crippen LogP contribution is 2.40. The number of aromatic nitrogens is 6. The number of nitrogens with zero attached hydrogens (tertiary/aromatic N) is 6. The van der Waals surface area contributed by atoms with Crippen molar-refractivity contribution in [3.8, 4) is 0 Å². The molecule has 0 radical (unpaired) electrons. The summed E-state index contributed by atoms with van der Waals surface area (Å²) < 4.78 is 2.38. The van der Waals surface area contributed by atoms with Gasteiger partial charge in [0.1, 0.15) is 16.9 Å². The van der Waals surface area contributed by atoms with Crippen molar-refractivity contribution in [3.63, 3.8) is 0 Å². The second-order valence-electron chi connectivity index (χ2n) is 6.33. The van der Waals surface area contributed by atoms with E-state index in [4.69, 9.17) is 0 Å². The van der Waals surface area contributed by atoms with Gasteiger partial charge in [0.2, 0.25) is 5.65 Å². The summed E-state index contributed by atoms with van der Waals surface area (Å²) in [5.74, 6) is 1.15. The molecule has 4 aromatic rings. The molecule has 5 rings (SSSR count). The number of thiophene rings is 1. The van der Waals surface area contributed by atoms with E-state index >= 15 is 0 Å². The molecule has 4 heterocycles. The average molecular weight is 353 g/mol. The lowest BCUT2D eigenvalue weighted by molar-refractivity contribution is 0.813. The van der Waals surface area contributed by atoms with E-state index in [1.807, 2.05) is 23.4 Å². The third-order valence-corrected chi connectivity index (χ3v) is 5.33. The highest BCUT2D eigenvalue weighted by atomic mass is 32.1. The van der Waals surface area contributed by atoms with Crippen molar-refractivity contribution in [2.24, 2.45) is 0 Å². The van der Waals surface area contributed by atoms with Crippen LogP contribution >= 0.6 is 11.3 Å². The maximum absolute atomic E-state index is 12.2. The quantitative estimate of drug-likeness (QED) is 0.603. The fraction of sp³-hybridized carbons (Fsp3) is 0.312. The topological polar surface area (TPSA) is 92.1 Å². The predicted octanol–water partition coefficient (Wildman–Crippen LogP) is 1.94. The van der Waals surface area contributed by atoms with Gasteiger partial charge in [-0.2, -0.15) is 9.61 Å². The summed E-state index contributed by atoms with van der Waals surface area (Å²) in [6, 6.07) is 3.94. The smallest absolute Gasteiger partial charge is 0.268 e. The van der Waals surface area contributed by atoms with Gasteiger partial charge in [0.15, 0.2) is 0 Å². The Morgan fingerprint density at radius 3 is 3.16 bits per heavy atom. The molecule has 0 unspecified atom stereocenters. The molecule has 126 valence electrons. The minimum atomic E-state index is -0.0931. The van der Waals surface area contributed by atoms with E-state index in [-0.39, 0.29) is 5.56 Å². The Bertz CT molecular complexity index is 1140. The number of hydrogen-bond donors (Lipinski definition) is 1. The molecule has 0 saturated heterocycles. The number of rotatable bonds is 4. The van der Waals surface area contributed by atoms with Crippen LogP contribution in [0.1, 0.15) is 30.3 Å². The summed E-state index contributed by atoms with van der Waals surface area (Å²) in [7, 11) is 1.96. The van der Waals surface area contributed by atoms with Gasteiger partial charge in [0.25, 0.3) is 5.56 Å². The first kappa shape index (κ1) is 14.5. The van der Waals surface area contributed by atoms with Gasteiger partial charge in [-0.3, -0.25) is 4.79 Å². The molecule has 1 fully saturated rings. The number of aromatic amines is 1. The molecule has 25 heavy (non-hydrogen) atoms. The highest BCUT2D eigenvalue weighted by molar-refractivity contribution is 7.17. The first-order valence-corrected chi connectivity index (χ1v) is 8.95. The molecule has 0 aromatic carbocycles. The number of hydrogen-bond acceptors (Lipinski definition) is 7. The Labute approximate surface area is 146 Å². The van der Waals surface area contributed by atoms with Gasteiger partial charge in [-0.15, -0.1) is 21.5 Å². The largest absolute Gasteiger partial charge is 0.364 e. The fourth-order valence-electron chi connectivity index (χ4n) is 3.00. The van der Waals surface area contributed by atoms with Crippen LogP contribution in [-0.4, -0.2) is 36.8 Å². The first-order chi connectivity index (χ1) is 12.2. The average Bonchev–Trinajstić information content (AvgIpc) is 3.14. The zero-order valence-corrected chi connectivity index (χ0v) is 14.3. The van der Waals surface area contributed by atoms with Crippen LogP contribution in [0.5, 0.6) is 0 Å². The van der Waals surface area contributed by atoms with E-state index < -0.39 is 0 Å². The van der Waals surface area contributed by atoms with Crippen LogP contribution in [0.4, 0.5) is 5.69 Å². The molecule has 9 heteroatoms. The molecule has 1 aliphatic rings. The van der Waals surface area contributed by atoms with Gasteiger partial charge in [-0.25, -0.2) is 4.98 Å². The molecule has 0 amide bonds. The Morgan fingerprint density at radius 2 is 2.32 bits per heavy atom. The minimum Gasteiger partial charge on any atom is -0.364 e. The van der Waals surface area contributed by atoms with E-state index in [2.05, 4.69) is 31.3 Å². The molecule has 1 N–H and O–H groups in total. The number of nitrogens with one attached hydrogen (secondary N) is 1. The molecular weight excluding hydrogens is 338 g/mol. The molecule has 4 aromatic heterocycles. The summed E-state index contributed by atoms with van der Waals surface area (Å²) in [5, 5.41) is 14.6. The Kier molecular flexibility index (Phi) is 3.11. The molecular formula is C16H15N7OS. The maximum atomic E-state index is 12.2. The van der Waals surface area contributed by atoms with Gasteiger partial charge in [0.05, 0.1) is 23.4 Å². The fourth-order valence-corrected chi connectivity index (χ4v) is 3.72. The Hall–Kier alpha value is -2.81. The Morgan fingerprint density at radius 1 is 1.44 bits per heavy atom. The van der Waals surface area contributed by atoms with Crippen LogP contribution in [0.25, 0.3) is 15.9 Å². The standard InChI is InChI=1S/C16H15N7OS/c1-22(7-13-18-10-4-5-25-14(10)16(24)19-13)12-6-11(9-2-3-9)21-23-8-17-20-15(12)23/h4-6,8-9H,2-3,7H2,1H3,(H,18,19,24). The van der Waals surface area contributed by atoms with Crippen molar-refractivity contribution in [2.45, 2.75) is 25.3 Å².